The number of aromatic nitrogens is 2. The average molecular weight is 311 g/mol. The first-order chi connectivity index (χ1) is 10.5. The predicted molar refractivity (Wildman–Crippen MR) is 90.7 cm³/mol. The highest BCUT2D eigenvalue weighted by Crippen LogP contribution is 2.38. The van der Waals surface area contributed by atoms with Crippen LogP contribution < -0.4 is 5.73 Å². The van der Waals surface area contributed by atoms with Crippen LogP contribution in [-0.4, -0.2) is 20.6 Å². The van der Waals surface area contributed by atoms with Crippen molar-refractivity contribution in [1.29, 1.82) is 0 Å². The zero-order valence-corrected chi connectivity index (χ0v) is 13.3. The number of pyridine rings is 1. The molecular weight excluding hydrogens is 294 g/mol. The van der Waals surface area contributed by atoms with Crippen LogP contribution in [0.4, 0.5) is 0 Å². The number of hydrogen-bond donors (Lipinski definition) is 2. The summed E-state index contributed by atoms with van der Waals surface area (Å²) in [5.41, 5.74) is 8.51. The van der Waals surface area contributed by atoms with Crippen molar-refractivity contribution in [3.63, 3.8) is 0 Å². The molecule has 3 aromatic rings. The van der Waals surface area contributed by atoms with Gasteiger partial charge in [-0.2, -0.15) is 0 Å². The predicted octanol–water partition coefficient (Wildman–Crippen LogP) is 3.59. The van der Waals surface area contributed by atoms with Crippen molar-refractivity contribution < 1.29 is 4.79 Å². The zero-order chi connectivity index (χ0) is 15.7. The maximum absolute atomic E-state index is 11.6. The van der Waals surface area contributed by atoms with E-state index in [-0.39, 0.29) is 5.91 Å². The third-order valence-electron chi connectivity index (χ3n) is 3.56. The topological polar surface area (TPSA) is 71.8 Å². The summed E-state index contributed by atoms with van der Waals surface area (Å²) in [6.45, 7) is 3.66. The number of thioether (sulfide) groups is 1. The highest BCUT2D eigenvalue weighted by atomic mass is 32.2. The molecule has 0 fully saturated rings. The van der Waals surface area contributed by atoms with Crippen LogP contribution in [0, 0.1) is 0 Å². The van der Waals surface area contributed by atoms with Gasteiger partial charge in [-0.25, -0.2) is 0 Å². The lowest BCUT2D eigenvalue weighted by Gasteiger charge is -2.21. The van der Waals surface area contributed by atoms with Gasteiger partial charge in [0.1, 0.15) is 0 Å². The molecule has 2 aromatic heterocycles. The van der Waals surface area contributed by atoms with E-state index in [0.717, 1.165) is 27.1 Å². The standard InChI is InChI=1S/C17H17N3OS/c1-17(2,16(18)21)22-15-7-8-19-10-12(15)14-9-11-5-3-4-6-13(11)20-14/h3-10,20H,1-2H3,(H2,18,21). The Morgan fingerprint density at radius 2 is 2.05 bits per heavy atom. The van der Waals surface area contributed by atoms with Crippen LogP contribution >= 0.6 is 11.8 Å². The van der Waals surface area contributed by atoms with Crippen LogP contribution in [0.1, 0.15) is 13.8 Å². The second-order valence-corrected chi connectivity index (χ2v) is 7.28. The molecule has 0 atom stereocenters. The minimum absolute atomic E-state index is 0.336. The number of hydrogen-bond acceptors (Lipinski definition) is 3. The summed E-state index contributed by atoms with van der Waals surface area (Å²) in [4.78, 5) is 20.2. The molecule has 0 aliphatic heterocycles. The van der Waals surface area contributed by atoms with E-state index in [2.05, 4.69) is 22.1 Å². The van der Waals surface area contributed by atoms with Gasteiger partial charge >= 0.3 is 0 Å². The Hall–Kier alpha value is -2.27. The second-order valence-electron chi connectivity index (χ2n) is 5.62. The third-order valence-corrected chi connectivity index (χ3v) is 4.85. The number of H-pyrrole nitrogens is 1. The molecule has 3 N–H and O–H groups in total. The average Bonchev–Trinajstić information content (AvgIpc) is 2.91. The van der Waals surface area contributed by atoms with E-state index in [0.29, 0.717) is 0 Å². The van der Waals surface area contributed by atoms with Gasteiger partial charge in [-0.05, 0) is 32.0 Å². The molecule has 112 valence electrons. The molecule has 3 rings (SSSR count). The normalized spacial score (nSPS) is 11.7. The minimum atomic E-state index is -0.678. The summed E-state index contributed by atoms with van der Waals surface area (Å²) in [7, 11) is 0. The Kier molecular flexibility index (Phi) is 3.66. The van der Waals surface area contributed by atoms with Crippen molar-refractivity contribution in [2.24, 2.45) is 5.73 Å². The Morgan fingerprint density at radius 1 is 1.27 bits per heavy atom. The first kappa shape index (κ1) is 14.7. The van der Waals surface area contributed by atoms with Gasteiger partial charge in [-0.1, -0.05) is 18.2 Å². The van der Waals surface area contributed by atoms with Crippen molar-refractivity contribution in [1.82, 2.24) is 9.97 Å². The number of rotatable bonds is 4. The number of fused-ring (bicyclic) bond motifs is 1. The Morgan fingerprint density at radius 3 is 2.77 bits per heavy atom. The molecule has 5 heteroatoms. The monoisotopic (exact) mass is 311 g/mol. The first-order valence-electron chi connectivity index (χ1n) is 6.98. The number of primary amides is 1. The number of nitrogens with zero attached hydrogens (tertiary/aromatic N) is 1. The van der Waals surface area contributed by atoms with E-state index in [1.54, 1.807) is 6.20 Å². The fourth-order valence-corrected chi connectivity index (χ4v) is 3.27. The molecule has 4 nitrogen and oxygen atoms in total. The summed E-state index contributed by atoms with van der Waals surface area (Å²) in [5, 5.41) is 1.14. The van der Waals surface area contributed by atoms with Gasteiger partial charge in [0.15, 0.2) is 0 Å². The summed E-state index contributed by atoms with van der Waals surface area (Å²) >= 11 is 1.45. The lowest BCUT2D eigenvalue weighted by molar-refractivity contribution is -0.119. The van der Waals surface area contributed by atoms with E-state index in [4.69, 9.17) is 5.73 Å². The van der Waals surface area contributed by atoms with Crippen LogP contribution in [0.5, 0.6) is 0 Å². The van der Waals surface area contributed by atoms with Crippen LogP contribution in [0.15, 0.2) is 53.7 Å². The van der Waals surface area contributed by atoms with Gasteiger partial charge in [0.25, 0.3) is 0 Å². The second kappa shape index (κ2) is 5.50. The number of aromatic amines is 1. The SMILES string of the molecule is CC(C)(Sc1ccncc1-c1cc2ccccc2[nH]1)C(N)=O. The molecule has 0 saturated heterocycles. The molecule has 0 aliphatic carbocycles. The van der Waals surface area contributed by atoms with Gasteiger partial charge < -0.3 is 10.7 Å². The molecule has 1 aromatic carbocycles. The molecule has 0 unspecified atom stereocenters. The number of benzene rings is 1. The van der Waals surface area contributed by atoms with Crippen molar-refractivity contribution in [3.05, 3.63) is 48.8 Å². The van der Waals surface area contributed by atoms with Crippen molar-refractivity contribution in [3.8, 4) is 11.3 Å². The Labute approximate surface area is 133 Å². The first-order valence-corrected chi connectivity index (χ1v) is 7.80. The van der Waals surface area contributed by atoms with Crippen LogP contribution in [0.3, 0.4) is 0 Å². The smallest absolute Gasteiger partial charge is 0.233 e. The van der Waals surface area contributed by atoms with E-state index >= 15 is 0 Å². The van der Waals surface area contributed by atoms with Gasteiger partial charge in [-0.3, -0.25) is 9.78 Å². The summed E-state index contributed by atoms with van der Waals surface area (Å²) in [6.07, 6.45) is 3.54. The zero-order valence-electron chi connectivity index (χ0n) is 12.5. The maximum Gasteiger partial charge on any atom is 0.233 e. The van der Waals surface area contributed by atoms with Crippen molar-refractivity contribution in [2.75, 3.05) is 0 Å². The fraction of sp³-hybridized carbons (Fsp3) is 0.176. The Bertz CT molecular complexity index is 806. The highest BCUT2D eigenvalue weighted by molar-refractivity contribution is 8.01. The lowest BCUT2D eigenvalue weighted by Crippen LogP contribution is -2.34. The quantitative estimate of drug-likeness (QED) is 0.723. The van der Waals surface area contributed by atoms with Crippen LogP contribution in [0.25, 0.3) is 22.2 Å². The molecule has 0 saturated carbocycles. The van der Waals surface area contributed by atoms with E-state index in [9.17, 15) is 4.79 Å². The van der Waals surface area contributed by atoms with Crippen LogP contribution in [0.2, 0.25) is 0 Å². The summed E-state index contributed by atoms with van der Waals surface area (Å²) < 4.78 is -0.678. The number of nitrogens with two attached hydrogens (primary N) is 1. The lowest BCUT2D eigenvalue weighted by atomic mass is 10.2. The molecule has 0 radical (unpaired) electrons. The van der Waals surface area contributed by atoms with Gasteiger partial charge in [0.2, 0.25) is 5.91 Å². The van der Waals surface area contributed by atoms with Crippen molar-refractivity contribution >= 4 is 28.6 Å². The maximum atomic E-state index is 11.6. The number of para-hydroxylation sites is 1. The molecule has 0 spiro atoms. The van der Waals surface area contributed by atoms with E-state index in [1.807, 2.05) is 44.3 Å². The molecule has 2 heterocycles. The molecule has 0 aliphatic rings. The minimum Gasteiger partial charge on any atom is -0.368 e. The summed E-state index contributed by atoms with van der Waals surface area (Å²) in [6, 6.07) is 12.1. The number of carbonyl (C=O) groups excluding carboxylic acids is 1. The van der Waals surface area contributed by atoms with Crippen molar-refractivity contribution in [2.45, 2.75) is 23.5 Å². The number of carbonyl (C=O) groups is 1. The number of amides is 1. The van der Waals surface area contributed by atoms with E-state index < -0.39 is 4.75 Å². The molecule has 1 amide bonds. The highest BCUT2D eigenvalue weighted by Gasteiger charge is 2.27. The molecular formula is C17H17N3OS. The largest absolute Gasteiger partial charge is 0.368 e. The molecule has 22 heavy (non-hydrogen) atoms. The van der Waals surface area contributed by atoms with E-state index in [1.165, 1.54) is 11.8 Å². The summed E-state index contributed by atoms with van der Waals surface area (Å²) in [5.74, 6) is -0.336. The third kappa shape index (κ3) is 2.72. The van der Waals surface area contributed by atoms with Gasteiger partial charge in [0, 0.05) is 39.4 Å². The van der Waals surface area contributed by atoms with Gasteiger partial charge in [0.05, 0.1) is 4.75 Å². The Balaban J connectivity index is 2.06. The van der Waals surface area contributed by atoms with Gasteiger partial charge in [-0.15, -0.1) is 11.8 Å². The fourth-order valence-electron chi connectivity index (χ4n) is 2.22. The van der Waals surface area contributed by atoms with Crippen LogP contribution in [-0.2, 0) is 4.79 Å². The number of nitrogens with one attached hydrogen (secondary N) is 1. The molecule has 0 bridgehead atoms.